The molecule has 3 N–H and O–H groups in total. The molecule has 0 aliphatic carbocycles. The van der Waals surface area contributed by atoms with E-state index in [1.54, 1.807) is 30.6 Å². The number of aromatic amines is 1. The number of nitrogens with one attached hydrogen (secondary N) is 2. The average molecular weight is 512 g/mol. The molecule has 0 saturated carbocycles. The fraction of sp³-hybridized carbons (Fsp3) is 0.400. The van der Waals surface area contributed by atoms with Crippen molar-refractivity contribution in [2.24, 2.45) is 0 Å². The zero-order chi connectivity index (χ0) is 26.8. The van der Waals surface area contributed by atoms with Gasteiger partial charge in [0, 0.05) is 31.1 Å². The van der Waals surface area contributed by atoms with Crippen molar-refractivity contribution in [1.29, 1.82) is 0 Å². The van der Waals surface area contributed by atoms with E-state index in [1.807, 2.05) is 43.0 Å². The molecular formula is C25H33N7O5. The number of hydrogen-bond acceptors (Lipinski definition) is 9. The highest BCUT2D eigenvalue weighted by Gasteiger charge is 2.50. The van der Waals surface area contributed by atoms with Crippen LogP contribution in [-0.4, -0.2) is 89.5 Å². The first-order valence-electron chi connectivity index (χ1n) is 11.7. The first-order valence-corrected chi connectivity index (χ1v) is 11.7. The van der Waals surface area contributed by atoms with Gasteiger partial charge in [-0.05, 0) is 44.1 Å². The number of urea groups is 1. The number of aromatic nitrogens is 4. The summed E-state index contributed by atoms with van der Waals surface area (Å²) in [6.07, 6.45) is 6.08. The van der Waals surface area contributed by atoms with Crippen molar-refractivity contribution in [1.82, 2.24) is 30.4 Å². The van der Waals surface area contributed by atoms with E-state index in [9.17, 15) is 9.90 Å². The molecule has 1 unspecified atom stereocenters. The Balaban J connectivity index is 0.00000186. The topological polar surface area (TPSA) is 146 Å². The number of benzene rings is 1. The molecule has 1 aliphatic heterocycles. The van der Waals surface area contributed by atoms with E-state index in [2.05, 4.69) is 25.5 Å². The van der Waals surface area contributed by atoms with Crippen molar-refractivity contribution in [3.63, 3.8) is 0 Å². The predicted molar refractivity (Wildman–Crippen MR) is 138 cm³/mol. The second kappa shape index (κ2) is 12.8. The van der Waals surface area contributed by atoms with E-state index < -0.39 is 5.54 Å². The Morgan fingerprint density at radius 2 is 2.03 bits per heavy atom. The summed E-state index contributed by atoms with van der Waals surface area (Å²) in [6.45, 7) is 3.33. The third-order valence-corrected chi connectivity index (χ3v) is 6.36. The van der Waals surface area contributed by atoms with Gasteiger partial charge in [0.2, 0.25) is 11.8 Å². The number of H-pyrrole nitrogens is 1. The van der Waals surface area contributed by atoms with Gasteiger partial charge in [0.25, 0.3) is 0 Å². The molecule has 12 heteroatoms. The summed E-state index contributed by atoms with van der Waals surface area (Å²) < 4.78 is 10.9. The Labute approximate surface area is 215 Å². The molecule has 1 atom stereocenters. The lowest BCUT2D eigenvalue weighted by molar-refractivity contribution is -0.0980. The van der Waals surface area contributed by atoms with Crippen LogP contribution in [0.5, 0.6) is 11.6 Å². The molecule has 0 bridgehead atoms. The van der Waals surface area contributed by atoms with Gasteiger partial charge in [-0.2, -0.15) is 10.1 Å². The van der Waals surface area contributed by atoms with Crippen LogP contribution in [0, 0.1) is 0 Å². The number of aliphatic hydroxyl groups excluding tert-OH is 1. The molecule has 3 aromatic rings. The lowest BCUT2D eigenvalue weighted by atomic mass is 9.90. The largest absolute Gasteiger partial charge is 0.497 e. The predicted octanol–water partition coefficient (Wildman–Crippen LogP) is 1.87. The Bertz CT molecular complexity index is 1160. The van der Waals surface area contributed by atoms with Crippen LogP contribution in [0.25, 0.3) is 11.1 Å². The Morgan fingerprint density at radius 3 is 2.68 bits per heavy atom. The maximum Gasteiger partial charge on any atom is 0.327 e. The molecule has 198 valence electrons. The molecule has 4 rings (SSSR count). The Kier molecular flexibility index (Phi) is 9.52. The van der Waals surface area contributed by atoms with Gasteiger partial charge in [-0.3, -0.25) is 10.00 Å². The maximum absolute atomic E-state index is 13.8. The summed E-state index contributed by atoms with van der Waals surface area (Å²) in [6, 6.07) is 7.41. The summed E-state index contributed by atoms with van der Waals surface area (Å²) in [4.78, 5) is 34.2. The molecule has 1 fully saturated rings. The second-order valence-electron chi connectivity index (χ2n) is 8.44. The van der Waals surface area contributed by atoms with E-state index in [-0.39, 0.29) is 18.6 Å². The fourth-order valence-corrected chi connectivity index (χ4v) is 4.50. The van der Waals surface area contributed by atoms with Crippen molar-refractivity contribution in [2.45, 2.75) is 24.9 Å². The number of aliphatic hydroxyl groups is 1. The minimum absolute atomic E-state index is 0.0525. The van der Waals surface area contributed by atoms with Gasteiger partial charge in [-0.25, -0.2) is 9.78 Å². The number of rotatable bonds is 11. The monoisotopic (exact) mass is 511 g/mol. The summed E-state index contributed by atoms with van der Waals surface area (Å²) in [7, 11) is 5.01. The van der Waals surface area contributed by atoms with E-state index in [4.69, 9.17) is 14.3 Å². The lowest BCUT2D eigenvalue weighted by Crippen LogP contribution is -2.49. The van der Waals surface area contributed by atoms with Gasteiger partial charge in [0.05, 0.1) is 38.1 Å². The molecule has 2 amide bonds. The first-order chi connectivity index (χ1) is 18.0. The van der Waals surface area contributed by atoms with Gasteiger partial charge >= 0.3 is 6.03 Å². The zero-order valence-electron chi connectivity index (χ0n) is 21.3. The number of carbonyl (C=O) groups is 2. The van der Waals surface area contributed by atoms with Gasteiger partial charge in [-0.15, -0.1) is 0 Å². The van der Waals surface area contributed by atoms with Crippen LogP contribution in [0.4, 0.5) is 10.7 Å². The zero-order valence-corrected chi connectivity index (χ0v) is 21.3. The number of nitrogens with zero attached hydrogens (tertiary/aromatic N) is 5. The third kappa shape index (κ3) is 5.87. The summed E-state index contributed by atoms with van der Waals surface area (Å²) in [5.41, 5.74) is 1.77. The molecule has 1 aliphatic rings. The van der Waals surface area contributed by atoms with Crippen molar-refractivity contribution in [3.8, 4) is 22.8 Å². The standard InChI is InChI=1S/C24H31N7O4.CH2O/c1-25-9-7-24(8-10-32)16-30(23(33)31(24)15-17-5-4-6-19(11-17)34-2)22-26-14-20(21(29-22)35-3)18-12-27-28-13-18;1-2/h4-6,11-14,25,32H,7-10,15-16H2,1-3H3,(H,27,28);1H2. The molecule has 0 radical (unpaired) electrons. The molecule has 3 heterocycles. The van der Waals surface area contributed by atoms with Gasteiger partial charge in [0.1, 0.15) is 12.5 Å². The Morgan fingerprint density at radius 1 is 1.22 bits per heavy atom. The van der Waals surface area contributed by atoms with Crippen LogP contribution < -0.4 is 19.7 Å². The summed E-state index contributed by atoms with van der Waals surface area (Å²) in [5, 5.41) is 19.9. The van der Waals surface area contributed by atoms with Crippen LogP contribution in [-0.2, 0) is 11.3 Å². The number of methoxy groups -OCH3 is 2. The normalized spacial score (nSPS) is 16.9. The molecule has 0 spiro atoms. The van der Waals surface area contributed by atoms with Crippen molar-refractivity contribution in [3.05, 3.63) is 48.4 Å². The molecule has 37 heavy (non-hydrogen) atoms. The number of amides is 2. The number of carbonyl (C=O) groups excluding carboxylic acids is 2. The molecular weight excluding hydrogens is 478 g/mol. The second-order valence-corrected chi connectivity index (χ2v) is 8.44. The minimum atomic E-state index is -0.613. The van der Waals surface area contributed by atoms with Crippen LogP contribution in [0.2, 0.25) is 0 Å². The molecule has 1 saturated heterocycles. The smallest absolute Gasteiger partial charge is 0.327 e. The highest BCUT2D eigenvalue weighted by molar-refractivity contribution is 5.94. The van der Waals surface area contributed by atoms with Crippen molar-refractivity contribution in [2.75, 3.05) is 45.9 Å². The van der Waals surface area contributed by atoms with Crippen LogP contribution in [0.1, 0.15) is 18.4 Å². The minimum Gasteiger partial charge on any atom is -0.497 e. The first kappa shape index (κ1) is 27.6. The van der Waals surface area contributed by atoms with Crippen molar-refractivity contribution >= 4 is 18.8 Å². The quantitative estimate of drug-likeness (QED) is 0.351. The van der Waals surface area contributed by atoms with E-state index in [0.29, 0.717) is 43.9 Å². The van der Waals surface area contributed by atoms with Crippen LogP contribution in [0.3, 0.4) is 0 Å². The average Bonchev–Trinajstić information content (AvgIpc) is 3.57. The van der Waals surface area contributed by atoms with E-state index >= 15 is 0 Å². The summed E-state index contributed by atoms with van der Waals surface area (Å²) >= 11 is 0. The van der Waals surface area contributed by atoms with Gasteiger partial charge < -0.3 is 29.6 Å². The number of ether oxygens (including phenoxy) is 2. The Hall–Kier alpha value is -4.03. The van der Waals surface area contributed by atoms with E-state index in [1.165, 1.54) is 7.11 Å². The third-order valence-electron chi connectivity index (χ3n) is 6.36. The van der Waals surface area contributed by atoms with Crippen LogP contribution >= 0.6 is 0 Å². The SMILES string of the molecule is C=O.CNCCC1(CCO)CN(c2ncc(-c3cn[nH]c3)c(OC)n2)C(=O)N1Cc1cccc(OC)c1. The molecule has 1 aromatic carbocycles. The maximum atomic E-state index is 13.8. The fourth-order valence-electron chi connectivity index (χ4n) is 4.50. The van der Waals surface area contributed by atoms with Crippen molar-refractivity contribution < 1.29 is 24.2 Å². The van der Waals surface area contributed by atoms with Gasteiger partial charge in [0.15, 0.2) is 0 Å². The van der Waals surface area contributed by atoms with Gasteiger partial charge in [-0.1, -0.05) is 12.1 Å². The number of anilines is 1. The highest BCUT2D eigenvalue weighted by atomic mass is 16.5. The summed E-state index contributed by atoms with van der Waals surface area (Å²) in [5.74, 6) is 1.31. The van der Waals surface area contributed by atoms with E-state index in [0.717, 1.165) is 16.9 Å². The van der Waals surface area contributed by atoms with Crippen LogP contribution in [0.15, 0.2) is 42.9 Å². The molecule has 12 nitrogen and oxygen atoms in total. The molecule has 2 aromatic heterocycles. The lowest BCUT2D eigenvalue weighted by Gasteiger charge is -2.37. The highest BCUT2D eigenvalue weighted by Crippen LogP contribution is 2.37. The number of hydrogen-bond donors (Lipinski definition) is 3.